The molecule has 1 saturated carbocycles. The van der Waals surface area contributed by atoms with Crippen molar-refractivity contribution >= 4 is 12.4 Å². The molecule has 0 aliphatic heterocycles. The van der Waals surface area contributed by atoms with E-state index in [1.165, 1.54) is 19.3 Å². The van der Waals surface area contributed by atoms with Gasteiger partial charge in [0.1, 0.15) is 0 Å². The monoisotopic (exact) mass is 212 g/mol. The third kappa shape index (κ3) is 2.25. The van der Waals surface area contributed by atoms with E-state index < -0.39 is 0 Å². The molecule has 0 radical (unpaired) electrons. The Hall–Kier alpha value is -0.600. The number of nitrogens with zero attached hydrogens (tertiary/aromatic N) is 1. The highest BCUT2D eigenvalue weighted by Crippen LogP contribution is 2.35. The molecule has 2 nitrogen and oxygen atoms in total. The van der Waals surface area contributed by atoms with Crippen LogP contribution < -0.4 is 5.73 Å². The standard InChI is InChI=1S/C11H16N2.ClH/c1-8-4-2-7-10(13-8)11(12)9-5-3-6-9;/h2,4,7,9,11H,3,5-6,12H2,1H3;1H/t11-;/m0./s1. The van der Waals surface area contributed by atoms with Crippen LogP contribution in [-0.2, 0) is 0 Å². The molecule has 3 heteroatoms. The Morgan fingerprint density at radius 3 is 2.64 bits per heavy atom. The molecule has 1 aliphatic carbocycles. The molecule has 0 aromatic carbocycles. The summed E-state index contributed by atoms with van der Waals surface area (Å²) in [5.41, 5.74) is 8.23. The van der Waals surface area contributed by atoms with E-state index in [0.717, 1.165) is 11.4 Å². The topological polar surface area (TPSA) is 38.9 Å². The molecule has 14 heavy (non-hydrogen) atoms. The fourth-order valence-electron chi connectivity index (χ4n) is 1.79. The largest absolute Gasteiger partial charge is 0.322 e. The molecule has 1 aliphatic rings. The third-order valence-corrected chi connectivity index (χ3v) is 2.91. The number of pyridine rings is 1. The van der Waals surface area contributed by atoms with E-state index >= 15 is 0 Å². The van der Waals surface area contributed by atoms with Crippen LogP contribution in [0.1, 0.15) is 36.7 Å². The van der Waals surface area contributed by atoms with Gasteiger partial charge >= 0.3 is 0 Å². The van der Waals surface area contributed by atoms with Gasteiger partial charge in [0.05, 0.1) is 5.69 Å². The Labute approximate surface area is 91.3 Å². The smallest absolute Gasteiger partial charge is 0.0577 e. The summed E-state index contributed by atoms with van der Waals surface area (Å²) in [4.78, 5) is 4.45. The summed E-state index contributed by atoms with van der Waals surface area (Å²) in [6.45, 7) is 2.01. The summed E-state index contributed by atoms with van der Waals surface area (Å²) in [5, 5.41) is 0. The average Bonchev–Trinajstić information content (AvgIpc) is 2.01. The van der Waals surface area contributed by atoms with E-state index in [1.54, 1.807) is 0 Å². The highest BCUT2D eigenvalue weighted by Gasteiger charge is 2.26. The first-order valence-corrected chi connectivity index (χ1v) is 4.96. The van der Waals surface area contributed by atoms with Crippen molar-refractivity contribution in [1.82, 2.24) is 4.98 Å². The van der Waals surface area contributed by atoms with Gasteiger partial charge in [-0.1, -0.05) is 12.5 Å². The molecule has 2 N–H and O–H groups in total. The SMILES string of the molecule is Cc1cccc([C@@H](N)C2CCC2)n1.Cl. The Kier molecular flexibility index (Phi) is 3.90. The van der Waals surface area contributed by atoms with Crippen LogP contribution in [0.15, 0.2) is 18.2 Å². The second-order valence-electron chi connectivity index (χ2n) is 3.92. The van der Waals surface area contributed by atoms with Crippen LogP contribution in [0.2, 0.25) is 0 Å². The lowest BCUT2D eigenvalue weighted by Gasteiger charge is -2.30. The van der Waals surface area contributed by atoms with Crippen molar-refractivity contribution in [2.75, 3.05) is 0 Å². The highest BCUT2D eigenvalue weighted by molar-refractivity contribution is 5.85. The Morgan fingerprint density at radius 1 is 1.43 bits per heavy atom. The molecule has 1 aromatic heterocycles. The van der Waals surface area contributed by atoms with E-state index in [4.69, 9.17) is 5.73 Å². The van der Waals surface area contributed by atoms with E-state index in [2.05, 4.69) is 4.98 Å². The minimum absolute atomic E-state index is 0. The van der Waals surface area contributed by atoms with Crippen molar-refractivity contribution in [3.63, 3.8) is 0 Å². The van der Waals surface area contributed by atoms with Gasteiger partial charge in [-0.05, 0) is 37.8 Å². The maximum absolute atomic E-state index is 6.11. The number of aryl methyl sites for hydroxylation is 1. The lowest BCUT2D eigenvalue weighted by atomic mass is 9.79. The number of halogens is 1. The van der Waals surface area contributed by atoms with Crippen LogP contribution in [-0.4, -0.2) is 4.98 Å². The van der Waals surface area contributed by atoms with Gasteiger partial charge in [0.2, 0.25) is 0 Å². The Bertz CT molecular complexity index is 297. The van der Waals surface area contributed by atoms with Crippen LogP contribution in [0.25, 0.3) is 0 Å². The molecular formula is C11H17ClN2. The minimum atomic E-state index is 0. The van der Waals surface area contributed by atoms with Gasteiger partial charge in [0, 0.05) is 11.7 Å². The summed E-state index contributed by atoms with van der Waals surface area (Å²) in [6.07, 6.45) is 3.89. The van der Waals surface area contributed by atoms with Crippen LogP contribution in [0.3, 0.4) is 0 Å². The fraction of sp³-hybridized carbons (Fsp3) is 0.545. The summed E-state index contributed by atoms with van der Waals surface area (Å²) in [7, 11) is 0. The van der Waals surface area contributed by atoms with E-state index in [-0.39, 0.29) is 18.4 Å². The number of aromatic nitrogens is 1. The van der Waals surface area contributed by atoms with Crippen LogP contribution in [0.4, 0.5) is 0 Å². The normalized spacial score (nSPS) is 18.1. The minimum Gasteiger partial charge on any atom is -0.322 e. The maximum Gasteiger partial charge on any atom is 0.0577 e. The fourth-order valence-corrected chi connectivity index (χ4v) is 1.79. The summed E-state index contributed by atoms with van der Waals surface area (Å²) < 4.78 is 0. The maximum atomic E-state index is 6.11. The molecular weight excluding hydrogens is 196 g/mol. The van der Waals surface area contributed by atoms with E-state index in [1.807, 2.05) is 25.1 Å². The van der Waals surface area contributed by atoms with Gasteiger partial charge in [0.15, 0.2) is 0 Å². The molecule has 0 amide bonds. The highest BCUT2D eigenvalue weighted by atomic mass is 35.5. The predicted octanol–water partition coefficient (Wildman–Crippen LogP) is 2.61. The van der Waals surface area contributed by atoms with Crippen molar-refractivity contribution in [3.8, 4) is 0 Å². The van der Waals surface area contributed by atoms with Gasteiger partial charge in [-0.3, -0.25) is 4.98 Å². The number of hydrogen-bond donors (Lipinski definition) is 1. The zero-order valence-electron chi connectivity index (χ0n) is 8.44. The van der Waals surface area contributed by atoms with Gasteiger partial charge < -0.3 is 5.73 Å². The van der Waals surface area contributed by atoms with Crippen molar-refractivity contribution in [3.05, 3.63) is 29.6 Å². The Balaban J connectivity index is 0.000000980. The second-order valence-corrected chi connectivity index (χ2v) is 3.92. The molecule has 0 bridgehead atoms. The number of nitrogens with two attached hydrogens (primary N) is 1. The summed E-state index contributed by atoms with van der Waals surface area (Å²) in [6, 6.07) is 6.25. The molecule has 0 spiro atoms. The third-order valence-electron chi connectivity index (χ3n) is 2.91. The van der Waals surface area contributed by atoms with Crippen molar-refractivity contribution in [1.29, 1.82) is 0 Å². The first-order chi connectivity index (χ1) is 6.27. The van der Waals surface area contributed by atoms with Crippen LogP contribution in [0.5, 0.6) is 0 Å². The lowest BCUT2D eigenvalue weighted by Crippen LogP contribution is -2.27. The molecule has 2 rings (SSSR count). The molecule has 1 atom stereocenters. The van der Waals surface area contributed by atoms with Gasteiger partial charge in [-0.25, -0.2) is 0 Å². The van der Waals surface area contributed by atoms with E-state index in [0.29, 0.717) is 5.92 Å². The molecule has 0 unspecified atom stereocenters. The van der Waals surface area contributed by atoms with Crippen molar-refractivity contribution < 1.29 is 0 Å². The Morgan fingerprint density at radius 2 is 2.14 bits per heavy atom. The second kappa shape index (κ2) is 4.76. The summed E-state index contributed by atoms with van der Waals surface area (Å²) >= 11 is 0. The zero-order valence-corrected chi connectivity index (χ0v) is 9.26. The molecule has 1 aromatic rings. The van der Waals surface area contributed by atoms with Gasteiger partial charge in [-0.2, -0.15) is 0 Å². The van der Waals surface area contributed by atoms with Crippen molar-refractivity contribution in [2.24, 2.45) is 11.7 Å². The average molecular weight is 213 g/mol. The quantitative estimate of drug-likeness (QED) is 0.819. The molecule has 78 valence electrons. The van der Waals surface area contributed by atoms with Gasteiger partial charge in [-0.15, -0.1) is 12.4 Å². The van der Waals surface area contributed by atoms with E-state index in [9.17, 15) is 0 Å². The molecule has 1 fully saturated rings. The number of rotatable bonds is 2. The van der Waals surface area contributed by atoms with Gasteiger partial charge in [0.25, 0.3) is 0 Å². The molecule has 0 saturated heterocycles. The number of hydrogen-bond acceptors (Lipinski definition) is 2. The van der Waals surface area contributed by atoms with Crippen LogP contribution >= 0.6 is 12.4 Å². The molecule has 1 heterocycles. The lowest BCUT2D eigenvalue weighted by molar-refractivity contribution is 0.261. The van der Waals surface area contributed by atoms with Crippen molar-refractivity contribution in [2.45, 2.75) is 32.2 Å². The first kappa shape index (κ1) is 11.5. The van der Waals surface area contributed by atoms with Crippen LogP contribution in [0, 0.1) is 12.8 Å². The predicted molar refractivity (Wildman–Crippen MR) is 60.5 cm³/mol. The first-order valence-electron chi connectivity index (χ1n) is 4.96. The zero-order chi connectivity index (χ0) is 9.26. The summed E-state index contributed by atoms with van der Waals surface area (Å²) in [5.74, 6) is 0.675.